The highest BCUT2D eigenvalue weighted by atomic mass is 35.5. The number of halogens is 1. The van der Waals surface area contributed by atoms with Crippen LogP contribution in [-0.4, -0.2) is 24.8 Å². The van der Waals surface area contributed by atoms with Crippen molar-refractivity contribution >= 4 is 23.4 Å². The van der Waals surface area contributed by atoms with Crippen LogP contribution >= 0.6 is 11.6 Å². The van der Waals surface area contributed by atoms with E-state index in [1.807, 2.05) is 0 Å². The smallest absolute Gasteiger partial charge is 0.407 e. The van der Waals surface area contributed by atoms with Crippen molar-refractivity contribution in [3.8, 4) is 6.07 Å². The van der Waals surface area contributed by atoms with Crippen LogP contribution in [0.2, 0.25) is 5.02 Å². The van der Waals surface area contributed by atoms with E-state index in [1.54, 1.807) is 39.0 Å². The van der Waals surface area contributed by atoms with Gasteiger partial charge in [-0.25, -0.2) is 4.79 Å². The molecule has 0 saturated heterocycles. The van der Waals surface area contributed by atoms with Crippen molar-refractivity contribution in [3.05, 3.63) is 28.8 Å². The lowest BCUT2D eigenvalue weighted by Crippen LogP contribution is -2.35. The van der Waals surface area contributed by atoms with E-state index in [-0.39, 0.29) is 0 Å². The maximum Gasteiger partial charge on any atom is 0.407 e. The zero-order chi connectivity index (χ0) is 15.2. The summed E-state index contributed by atoms with van der Waals surface area (Å²) in [6.07, 6.45) is -0.473. The number of alkyl carbamates (subject to hydrolysis) is 1. The lowest BCUT2D eigenvalue weighted by molar-refractivity contribution is 0.0530. The first-order valence-corrected chi connectivity index (χ1v) is 6.60. The number of amides is 1. The lowest BCUT2D eigenvalue weighted by Gasteiger charge is -2.19. The Morgan fingerprint density at radius 1 is 1.40 bits per heavy atom. The number of nitrogens with zero attached hydrogens (tertiary/aromatic N) is 1. The molecule has 5 nitrogen and oxygen atoms in total. The number of carbonyl (C=O) groups is 1. The maximum absolute atomic E-state index is 11.4. The van der Waals surface area contributed by atoms with E-state index in [9.17, 15) is 4.79 Å². The molecule has 0 aliphatic rings. The van der Waals surface area contributed by atoms with Gasteiger partial charge in [0, 0.05) is 13.1 Å². The number of hydrogen-bond acceptors (Lipinski definition) is 4. The fraction of sp³-hybridized carbons (Fsp3) is 0.429. The number of para-hydroxylation sites is 1. The summed E-state index contributed by atoms with van der Waals surface area (Å²) < 4.78 is 5.10. The predicted molar refractivity (Wildman–Crippen MR) is 78.9 cm³/mol. The summed E-state index contributed by atoms with van der Waals surface area (Å²) in [7, 11) is 0. The monoisotopic (exact) mass is 295 g/mol. The van der Waals surface area contributed by atoms with Crippen molar-refractivity contribution in [3.63, 3.8) is 0 Å². The highest BCUT2D eigenvalue weighted by Gasteiger charge is 2.15. The zero-order valence-electron chi connectivity index (χ0n) is 11.8. The Labute approximate surface area is 123 Å². The Morgan fingerprint density at radius 3 is 2.70 bits per heavy atom. The van der Waals surface area contributed by atoms with Crippen molar-refractivity contribution in [2.45, 2.75) is 26.4 Å². The van der Waals surface area contributed by atoms with Crippen LogP contribution in [0.25, 0.3) is 0 Å². The molecular weight excluding hydrogens is 278 g/mol. The molecule has 20 heavy (non-hydrogen) atoms. The van der Waals surface area contributed by atoms with Crippen LogP contribution in [0.3, 0.4) is 0 Å². The summed E-state index contributed by atoms with van der Waals surface area (Å²) in [5.74, 6) is 0. The molecule has 0 bridgehead atoms. The molecule has 2 N–H and O–H groups in total. The second kappa shape index (κ2) is 7.01. The van der Waals surface area contributed by atoms with E-state index >= 15 is 0 Å². The third-order valence-corrected chi connectivity index (χ3v) is 2.54. The zero-order valence-corrected chi connectivity index (χ0v) is 12.5. The maximum atomic E-state index is 11.4. The molecular formula is C14H18ClN3O2. The van der Waals surface area contributed by atoms with Gasteiger partial charge in [-0.1, -0.05) is 17.7 Å². The van der Waals surface area contributed by atoms with E-state index in [0.29, 0.717) is 29.4 Å². The Hall–Kier alpha value is -1.93. The van der Waals surface area contributed by atoms with Gasteiger partial charge in [-0.2, -0.15) is 5.26 Å². The fourth-order valence-electron chi connectivity index (χ4n) is 1.46. The molecule has 1 amide bonds. The van der Waals surface area contributed by atoms with Crippen molar-refractivity contribution < 1.29 is 9.53 Å². The van der Waals surface area contributed by atoms with Gasteiger partial charge < -0.3 is 15.4 Å². The Morgan fingerprint density at radius 2 is 2.10 bits per heavy atom. The van der Waals surface area contributed by atoms with Crippen molar-refractivity contribution in [1.82, 2.24) is 5.32 Å². The molecule has 0 atom stereocenters. The summed E-state index contributed by atoms with van der Waals surface area (Å²) >= 11 is 6.01. The molecule has 1 aromatic rings. The van der Waals surface area contributed by atoms with Crippen molar-refractivity contribution in [2.24, 2.45) is 0 Å². The van der Waals surface area contributed by atoms with E-state index in [2.05, 4.69) is 16.7 Å². The first-order chi connectivity index (χ1) is 9.33. The number of nitriles is 1. The summed E-state index contributed by atoms with van der Waals surface area (Å²) in [6.45, 7) is 6.21. The molecule has 0 aliphatic heterocycles. The SMILES string of the molecule is CC(C)(C)OC(=O)NCCNc1c(Cl)cccc1C#N. The second-order valence-corrected chi connectivity index (χ2v) is 5.54. The van der Waals surface area contributed by atoms with Crippen LogP contribution in [0.15, 0.2) is 18.2 Å². The highest BCUT2D eigenvalue weighted by molar-refractivity contribution is 6.33. The number of ether oxygens (including phenoxy) is 1. The standard InChI is InChI=1S/C14H18ClN3O2/c1-14(2,3)20-13(19)18-8-7-17-12-10(9-16)5-4-6-11(12)15/h4-6,17H,7-8H2,1-3H3,(H,18,19). The van der Waals surface area contributed by atoms with E-state index in [4.69, 9.17) is 21.6 Å². The number of benzene rings is 1. The van der Waals surface area contributed by atoms with Crippen LogP contribution < -0.4 is 10.6 Å². The second-order valence-electron chi connectivity index (χ2n) is 5.13. The first kappa shape index (κ1) is 16.1. The first-order valence-electron chi connectivity index (χ1n) is 6.23. The Balaban J connectivity index is 2.43. The van der Waals surface area contributed by atoms with E-state index < -0.39 is 11.7 Å². The number of hydrogen-bond donors (Lipinski definition) is 2. The number of carbonyl (C=O) groups excluding carboxylic acids is 1. The molecule has 6 heteroatoms. The molecule has 0 saturated carbocycles. The average Bonchev–Trinajstić information content (AvgIpc) is 2.33. The summed E-state index contributed by atoms with van der Waals surface area (Å²) in [4.78, 5) is 11.4. The number of nitrogens with one attached hydrogen (secondary N) is 2. The Bertz CT molecular complexity index is 518. The predicted octanol–water partition coefficient (Wildman–Crippen LogP) is 3.15. The van der Waals surface area contributed by atoms with Gasteiger partial charge in [-0.05, 0) is 32.9 Å². The van der Waals surface area contributed by atoms with Crippen molar-refractivity contribution in [2.75, 3.05) is 18.4 Å². The molecule has 0 aliphatic carbocycles. The van der Waals surface area contributed by atoms with Gasteiger partial charge >= 0.3 is 6.09 Å². The minimum absolute atomic E-state index is 0.366. The summed E-state index contributed by atoms with van der Waals surface area (Å²) in [5, 5.41) is 15.1. The van der Waals surface area contributed by atoms with Gasteiger partial charge in [-0.3, -0.25) is 0 Å². The quantitative estimate of drug-likeness (QED) is 0.837. The topological polar surface area (TPSA) is 74.2 Å². The van der Waals surface area contributed by atoms with Gasteiger partial charge in [0.1, 0.15) is 11.7 Å². The molecule has 1 aromatic carbocycles. The van der Waals surface area contributed by atoms with Crippen LogP contribution in [0, 0.1) is 11.3 Å². The van der Waals surface area contributed by atoms with Crippen molar-refractivity contribution in [1.29, 1.82) is 5.26 Å². The molecule has 0 unspecified atom stereocenters. The van der Waals surface area contributed by atoms with Crippen LogP contribution in [0.4, 0.5) is 10.5 Å². The Kier molecular flexibility index (Phi) is 5.66. The lowest BCUT2D eigenvalue weighted by atomic mass is 10.2. The minimum atomic E-state index is -0.520. The third-order valence-electron chi connectivity index (χ3n) is 2.23. The van der Waals surface area contributed by atoms with Crippen LogP contribution in [-0.2, 0) is 4.74 Å². The number of rotatable bonds is 4. The molecule has 0 spiro atoms. The molecule has 108 valence electrons. The van der Waals surface area contributed by atoms with E-state index in [1.165, 1.54) is 0 Å². The van der Waals surface area contributed by atoms with Gasteiger partial charge in [0.05, 0.1) is 16.3 Å². The van der Waals surface area contributed by atoms with E-state index in [0.717, 1.165) is 0 Å². The molecule has 0 heterocycles. The minimum Gasteiger partial charge on any atom is -0.444 e. The van der Waals surface area contributed by atoms with Gasteiger partial charge in [-0.15, -0.1) is 0 Å². The molecule has 0 radical (unpaired) electrons. The average molecular weight is 296 g/mol. The van der Waals surface area contributed by atoms with Crippen LogP contribution in [0.5, 0.6) is 0 Å². The fourth-order valence-corrected chi connectivity index (χ4v) is 1.70. The van der Waals surface area contributed by atoms with Gasteiger partial charge in [0.25, 0.3) is 0 Å². The normalized spacial score (nSPS) is 10.6. The molecule has 1 rings (SSSR count). The molecule has 0 fully saturated rings. The van der Waals surface area contributed by atoms with Gasteiger partial charge in [0.2, 0.25) is 0 Å². The largest absolute Gasteiger partial charge is 0.444 e. The third kappa shape index (κ3) is 5.37. The van der Waals surface area contributed by atoms with Gasteiger partial charge in [0.15, 0.2) is 0 Å². The molecule has 0 aromatic heterocycles. The summed E-state index contributed by atoms with van der Waals surface area (Å²) in [6, 6.07) is 7.15. The summed E-state index contributed by atoms with van der Waals surface area (Å²) in [5.41, 5.74) is 0.520. The van der Waals surface area contributed by atoms with Crippen LogP contribution in [0.1, 0.15) is 26.3 Å². The highest BCUT2D eigenvalue weighted by Crippen LogP contribution is 2.24. The number of anilines is 1.